The molecule has 2 heteroatoms. The van der Waals surface area contributed by atoms with Crippen molar-refractivity contribution in [2.45, 2.75) is 19.9 Å². The molecule has 0 bridgehead atoms. The van der Waals surface area contributed by atoms with Gasteiger partial charge in [-0.05, 0) is 42.7 Å². The lowest BCUT2D eigenvalue weighted by Crippen LogP contribution is -2.13. The van der Waals surface area contributed by atoms with E-state index >= 15 is 0 Å². The predicted molar refractivity (Wildman–Crippen MR) is 76.1 cm³/mol. The van der Waals surface area contributed by atoms with Crippen LogP contribution in [-0.4, -0.2) is 0 Å². The van der Waals surface area contributed by atoms with Crippen molar-refractivity contribution >= 4 is 15.9 Å². The zero-order valence-corrected chi connectivity index (χ0v) is 11.7. The van der Waals surface area contributed by atoms with Crippen LogP contribution in [0, 0.1) is 13.8 Å². The molecule has 0 aliphatic heterocycles. The van der Waals surface area contributed by atoms with Gasteiger partial charge in [-0.1, -0.05) is 51.8 Å². The topological polar surface area (TPSA) is 26.0 Å². The van der Waals surface area contributed by atoms with Crippen LogP contribution >= 0.6 is 15.9 Å². The molecule has 1 atom stereocenters. The summed E-state index contributed by atoms with van der Waals surface area (Å²) in [5, 5.41) is 0. The zero-order valence-electron chi connectivity index (χ0n) is 10.1. The second-order valence-electron chi connectivity index (χ2n) is 4.39. The molecular weight excluding hydrogens is 274 g/mol. The second kappa shape index (κ2) is 5.03. The number of halogens is 1. The second-order valence-corrected chi connectivity index (χ2v) is 5.30. The summed E-state index contributed by atoms with van der Waals surface area (Å²) in [6.07, 6.45) is 0. The van der Waals surface area contributed by atoms with Gasteiger partial charge in [-0.25, -0.2) is 0 Å². The lowest BCUT2D eigenvalue weighted by molar-refractivity contribution is 0.860. The highest BCUT2D eigenvalue weighted by molar-refractivity contribution is 9.10. The maximum Gasteiger partial charge on any atom is 0.0554 e. The van der Waals surface area contributed by atoms with E-state index in [2.05, 4.69) is 66.2 Å². The summed E-state index contributed by atoms with van der Waals surface area (Å²) in [7, 11) is 0. The molecule has 0 saturated heterocycles. The van der Waals surface area contributed by atoms with Gasteiger partial charge in [-0.3, -0.25) is 0 Å². The number of hydrogen-bond acceptors (Lipinski definition) is 1. The number of aryl methyl sites for hydroxylation is 2. The molecule has 17 heavy (non-hydrogen) atoms. The number of nitrogens with two attached hydrogens (primary N) is 1. The van der Waals surface area contributed by atoms with E-state index in [4.69, 9.17) is 5.73 Å². The summed E-state index contributed by atoms with van der Waals surface area (Å²) in [5.74, 6) is 0. The molecule has 1 nitrogen and oxygen atoms in total. The largest absolute Gasteiger partial charge is 0.320 e. The van der Waals surface area contributed by atoms with Gasteiger partial charge in [-0.2, -0.15) is 0 Å². The van der Waals surface area contributed by atoms with Crippen molar-refractivity contribution in [2.24, 2.45) is 5.73 Å². The number of rotatable bonds is 2. The lowest BCUT2D eigenvalue weighted by Gasteiger charge is -2.16. The molecule has 0 aliphatic carbocycles. The standard InChI is InChI=1S/C15H16BrN/c1-10-3-6-12(7-4-10)15(17)14-9-13(16)8-5-11(14)2/h3-9,15H,17H2,1-2H3. The van der Waals surface area contributed by atoms with Crippen molar-refractivity contribution in [3.05, 3.63) is 69.2 Å². The summed E-state index contributed by atoms with van der Waals surface area (Å²) >= 11 is 3.49. The van der Waals surface area contributed by atoms with E-state index in [1.165, 1.54) is 16.7 Å². The molecule has 0 amide bonds. The minimum atomic E-state index is -0.0619. The summed E-state index contributed by atoms with van der Waals surface area (Å²) in [4.78, 5) is 0. The fourth-order valence-electron chi connectivity index (χ4n) is 1.90. The smallest absolute Gasteiger partial charge is 0.0554 e. The van der Waals surface area contributed by atoms with Gasteiger partial charge in [-0.15, -0.1) is 0 Å². The molecule has 1 unspecified atom stereocenters. The number of hydrogen-bond donors (Lipinski definition) is 1. The Hall–Kier alpha value is -1.12. The maximum atomic E-state index is 6.32. The Morgan fingerprint density at radius 1 is 1.00 bits per heavy atom. The third-order valence-corrected chi connectivity index (χ3v) is 3.51. The van der Waals surface area contributed by atoms with E-state index in [1.54, 1.807) is 0 Å². The van der Waals surface area contributed by atoms with E-state index in [9.17, 15) is 0 Å². The Labute approximate surface area is 111 Å². The van der Waals surface area contributed by atoms with Gasteiger partial charge in [0.15, 0.2) is 0 Å². The van der Waals surface area contributed by atoms with Crippen molar-refractivity contribution < 1.29 is 0 Å². The van der Waals surface area contributed by atoms with Crippen LogP contribution < -0.4 is 5.73 Å². The van der Waals surface area contributed by atoms with Crippen LogP contribution in [0.5, 0.6) is 0 Å². The van der Waals surface area contributed by atoms with E-state index in [0.717, 1.165) is 10.0 Å². The molecule has 2 N–H and O–H groups in total. The quantitative estimate of drug-likeness (QED) is 0.884. The predicted octanol–water partition coefficient (Wildman–Crippen LogP) is 4.11. The fourth-order valence-corrected chi connectivity index (χ4v) is 2.28. The average molecular weight is 290 g/mol. The average Bonchev–Trinajstić information content (AvgIpc) is 2.32. The van der Waals surface area contributed by atoms with Gasteiger partial charge in [0.1, 0.15) is 0 Å². The zero-order chi connectivity index (χ0) is 12.4. The molecule has 0 fully saturated rings. The monoisotopic (exact) mass is 289 g/mol. The highest BCUT2D eigenvalue weighted by Crippen LogP contribution is 2.25. The summed E-state index contributed by atoms with van der Waals surface area (Å²) in [6, 6.07) is 14.6. The van der Waals surface area contributed by atoms with Crippen LogP contribution in [0.15, 0.2) is 46.9 Å². The summed E-state index contributed by atoms with van der Waals surface area (Å²) < 4.78 is 1.07. The SMILES string of the molecule is Cc1ccc(C(N)c2cc(Br)ccc2C)cc1. The third-order valence-electron chi connectivity index (χ3n) is 3.01. The van der Waals surface area contributed by atoms with Crippen LogP contribution in [0.25, 0.3) is 0 Å². The molecule has 88 valence electrons. The van der Waals surface area contributed by atoms with Crippen LogP contribution in [0.3, 0.4) is 0 Å². The fraction of sp³-hybridized carbons (Fsp3) is 0.200. The van der Waals surface area contributed by atoms with Crippen LogP contribution in [0.4, 0.5) is 0 Å². The van der Waals surface area contributed by atoms with Crippen molar-refractivity contribution in [1.29, 1.82) is 0 Å². The first-order chi connectivity index (χ1) is 8.08. The Kier molecular flexibility index (Phi) is 3.65. The van der Waals surface area contributed by atoms with Gasteiger partial charge >= 0.3 is 0 Å². The minimum Gasteiger partial charge on any atom is -0.320 e. The summed E-state index contributed by atoms with van der Waals surface area (Å²) in [5.41, 5.74) is 11.1. The molecule has 0 heterocycles. The van der Waals surface area contributed by atoms with Gasteiger partial charge in [0.05, 0.1) is 6.04 Å². The Morgan fingerprint density at radius 3 is 2.29 bits per heavy atom. The lowest BCUT2D eigenvalue weighted by atomic mass is 9.95. The van der Waals surface area contributed by atoms with Crippen molar-refractivity contribution in [3.63, 3.8) is 0 Å². The van der Waals surface area contributed by atoms with Crippen LogP contribution in [0.1, 0.15) is 28.3 Å². The Morgan fingerprint density at radius 2 is 1.65 bits per heavy atom. The van der Waals surface area contributed by atoms with Gasteiger partial charge in [0.25, 0.3) is 0 Å². The van der Waals surface area contributed by atoms with Gasteiger partial charge in [0, 0.05) is 4.47 Å². The van der Waals surface area contributed by atoms with Crippen molar-refractivity contribution in [3.8, 4) is 0 Å². The Bertz CT molecular complexity index is 517. The van der Waals surface area contributed by atoms with Gasteiger partial charge in [0.2, 0.25) is 0 Å². The first-order valence-electron chi connectivity index (χ1n) is 5.66. The van der Waals surface area contributed by atoms with E-state index in [-0.39, 0.29) is 6.04 Å². The normalized spacial score (nSPS) is 12.5. The summed E-state index contributed by atoms with van der Waals surface area (Å²) in [6.45, 7) is 4.18. The molecule has 0 spiro atoms. The highest BCUT2D eigenvalue weighted by atomic mass is 79.9. The van der Waals surface area contributed by atoms with E-state index in [1.807, 2.05) is 6.07 Å². The maximum absolute atomic E-state index is 6.32. The first kappa shape index (κ1) is 12.3. The molecular formula is C15H16BrN. The van der Waals surface area contributed by atoms with Gasteiger partial charge < -0.3 is 5.73 Å². The van der Waals surface area contributed by atoms with Crippen molar-refractivity contribution in [2.75, 3.05) is 0 Å². The van der Waals surface area contributed by atoms with E-state index < -0.39 is 0 Å². The molecule has 0 aromatic heterocycles. The third kappa shape index (κ3) is 2.76. The highest BCUT2D eigenvalue weighted by Gasteiger charge is 2.11. The molecule has 2 aromatic rings. The minimum absolute atomic E-state index is 0.0619. The van der Waals surface area contributed by atoms with Crippen LogP contribution in [0.2, 0.25) is 0 Å². The Balaban J connectivity index is 2.39. The molecule has 2 aromatic carbocycles. The first-order valence-corrected chi connectivity index (χ1v) is 6.45. The van der Waals surface area contributed by atoms with Crippen molar-refractivity contribution in [1.82, 2.24) is 0 Å². The number of benzene rings is 2. The molecule has 2 rings (SSSR count). The van der Waals surface area contributed by atoms with E-state index in [0.29, 0.717) is 0 Å². The molecule has 0 saturated carbocycles. The van der Waals surface area contributed by atoms with Crippen LogP contribution in [-0.2, 0) is 0 Å². The molecule has 0 radical (unpaired) electrons. The molecule has 0 aliphatic rings.